The lowest BCUT2D eigenvalue weighted by Gasteiger charge is -1.94. The van der Waals surface area contributed by atoms with Crippen LogP contribution in [0.1, 0.15) is 17.0 Å². The van der Waals surface area contributed by atoms with Crippen LogP contribution >= 0.6 is 11.8 Å². The zero-order valence-corrected chi connectivity index (χ0v) is 8.69. The summed E-state index contributed by atoms with van der Waals surface area (Å²) in [6.07, 6.45) is 2.22. The Bertz CT molecular complexity index is 322. The Hall–Kier alpha value is -0.900. The van der Waals surface area contributed by atoms with E-state index in [1.54, 1.807) is 0 Å². The van der Waals surface area contributed by atoms with Crippen molar-refractivity contribution in [2.24, 2.45) is 0 Å². The van der Waals surface area contributed by atoms with Gasteiger partial charge in [0.2, 0.25) is 0 Å². The number of hydrogen-bond acceptors (Lipinski definition) is 2. The number of fused-ring (bicyclic) bond motifs is 1. The standard InChI is InChI=1S/C10H13NO2S/c12-10(13)6-8-5-7-1-3-14-4-2-9(7)11-8/h5,11H,1-4,6H2,(H,12,13). The molecule has 2 heterocycles. The predicted octanol–water partition coefficient (Wildman–Crippen LogP) is 1.47. The molecule has 3 nitrogen and oxygen atoms in total. The first kappa shape index (κ1) is 9.65. The summed E-state index contributed by atoms with van der Waals surface area (Å²) in [4.78, 5) is 13.7. The molecule has 0 radical (unpaired) electrons. The third kappa shape index (κ3) is 2.12. The number of aliphatic carboxylic acids is 1. The molecule has 0 aliphatic carbocycles. The number of aryl methyl sites for hydroxylation is 2. The first-order chi connectivity index (χ1) is 6.75. The molecule has 0 aromatic carbocycles. The summed E-state index contributed by atoms with van der Waals surface area (Å²) in [5, 5.41) is 8.66. The highest BCUT2D eigenvalue weighted by Gasteiger charge is 2.12. The van der Waals surface area contributed by atoms with E-state index in [0.29, 0.717) is 0 Å². The van der Waals surface area contributed by atoms with Gasteiger partial charge in [-0.1, -0.05) is 0 Å². The molecule has 4 heteroatoms. The van der Waals surface area contributed by atoms with Gasteiger partial charge in [-0.25, -0.2) is 0 Å². The fraction of sp³-hybridized carbons (Fsp3) is 0.500. The molecule has 0 atom stereocenters. The van der Waals surface area contributed by atoms with Gasteiger partial charge < -0.3 is 10.1 Å². The minimum atomic E-state index is -0.768. The highest BCUT2D eigenvalue weighted by molar-refractivity contribution is 7.99. The highest BCUT2D eigenvalue weighted by Crippen LogP contribution is 2.20. The van der Waals surface area contributed by atoms with Crippen molar-refractivity contribution in [2.75, 3.05) is 11.5 Å². The monoisotopic (exact) mass is 211 g/mol. The van der Waals surface area contributed by atoms with E-state index in [9.17, 15) is 4.79 Å². The zero-order chi connectivity index (χ0) is 9.97. The van der Waals surface area contributed by atoms with Crippen LogP contribution in [0.5, 0.6) is 0 Å². The molecule has 1 aliphatic rings. The van der Waals surface area contributed by atoms with Gasteiger partial charge in [-0.15, -0.1) is 0 Å². The first-order valence-corrected chi connectivity index (χ1v) is 5.90. The second kappa shape index (κ2) is 4.09. The fourth-order valence-corrected chi connectivity index (χ4v) is 2.69. The maximum atomic E-state index is 10.5. The van der Waals surface area contributed by atoms with E-state index in [1.165, 1.54) is 11.3 Å². The Kier molecular flexibility index (Phi) is 2.82. The van der Waals surface area contributed by atoms with E-state index in [-0.39, 0.29) is 6.42 Å². The number of rotatable bonds is 2. The van der Waals surface area contributed by atoms with Gasteiger partial charge >= 0.3 is 5.97 Å². The van der Waals surface area contributed by atoms with Crippen molar-refractivity contribution < 1.29 is 9.90 Å². The quantitative estimate of drug-likeness (QED) is 0.779. The van der Waals surface area contributed by atoms with Crippen LogP contribution in [0.4, 0.5) is 0 Å². The van der Waals surface area contributed by atoms with Gasteiger partial charge in [0.1, 0.15) is 0 Å². The van der Waals surface area contributed by atoms with Gasteiger partial charge in [-0.2, -0.15) is 11.8 Å². The van der Waals surface area contributed by atoms with E-state index in [0.717, 1.165) is 30.0 Å². The molecule has 0 spiro atoms. The Balaban J connectivity index is 2.18. The molecule has 1 aromatic rings. The van der Waals surface area contributed by atoms with Crippen LogP contribution in [-0.2, 0) is 24.1 Å². The summed E-state index contributed by atoms with van der Waals surface area (Å²) in [7, 11) is 0. The molecule has 1 aromatic heterocycles. The Morgan fingerprint density at radius 3 is 3.07 bits per heavy atom. The first-order valence-electron chi connectivity index (χ1n) is 4.75. The molecule has 2 N–H and O–H groups in total. The SMILES string of the molecule is O=C(O)Cc1cc2c([nH]1)CCSCC2. The largest absolute Gasteiger partial charge is 0.481 e. The maximum Gasteiger partial charge on any atom is 0.309 e. The van der Waals surface area contributed by atoms with Crippen LogP contribution < -0.4 is 0 Å². The van der Waals surface area contributed by atoms with Crippen LogP contribution in [0.3, 0.4) is 0 Å². The van der Waals surface area contributed by atoms with Crippen LogP contribution in [-0.4, -0.2) is 27.6 Å². The highest BCUT2D eigenvalue weighted by atomic mass is 32.2. The molecular formula is C10H13NO2S. The van der Waals surface area contributed by atoms with Crippen molar-refractivity contribution in [3.8, 4) is 0 Å². The maximum absolute atomic E-state index is 10.5. The van der Waals surface area contributed by atoms with E-state index < -0.39 is 5.97 Å². The molecule has 76 valence electrons. The lowest BCUT2D eigenvalue weighted by Crippen LogP contribution is -2.00. The van der Waals surface area contributed by atoms with Crippen molar-refractivity contribution in [2.45, 2.75) is 19.3 Å². The van der Waals surface area contributed by atoms with Crippen LogP contribution in [0.2, 0.25) is 0 Å². The van der Waals surface area contributed by atoms with E-state index in [4.69, 9.17) is 5.11 Å². The summed E-state index contributed by atoms with van der Waals surface area (Å²) >= 11 is 1.96. The molecule has 14 heavy (non-hydrogen) atoms. The average Bonchev–Trinajstić information content (AvgIpc) is 2.34. The predicted molar refractivity (Wildman–Crippen MR) is 56.9 cm³/mol. The number of carbonyl (C=O) groups is 1. The lowest BCUT2D eigenvalue weighted by atomic mass is 10.1. The number of aromatic amines is 1. The summed E-state index contributed by atoms with van der Waals surface area (Å²) in [5.74, 6) is 1.52. The van der Waals surface area contributed by atoms with Crippen molar-refractivity contribution in [3.05, 3.63) is 23.0 Å². The second-order valence-electron chi connectivity index (χ2n) is 3.48. The number of nitrogens with one attached hydrogen (secondary N) is 1. The third-order valence-corrected chi connectivity index (χ3v) is 3.39. The molecule has 0 fully saturated rings. The molecule has 0 saturated heterocycles. The van der Waals surface area contributed by atoms with Gasteiger partial charge in [0.05, 0.1) is 6.42 Å². The summed E-state index contributed by atoms with van der Waals surface area (Å²) < 4.78 is 0. The van der Waals surface area contributed by atoms with Gasteiger partial charge in [-0.3, -0.25) is 4.79 Å². The molecule has 0 saturated carbocycles. The number of H-pyrrole nitrogens is 1. The third-order valence-electron chi connectivity index (χ3n) is 2.40. The topological polar surface area (TPSA) is 53.1 Å². The van der Waals surface area contributed by atoms with Gasteiger partial charge in [0, 0.05) is 11.4 Å². The summed E-state index contributed by atoms with van der Waals surface area (Å²) in [5.41, 5.74) is 3.40. The van der Waals surface area contributed by atoms with Crippen LogP contribution in [0.25, 0.3) is 0 Å². The van der Waals surface area contributed by atoms with Crippen LogP contribution in [0, 0.1) is 0 Å². The van der Waals surface area contributed by atoms with E-state index in [1.807, 2.05) is 17.8 Å². The lowest BCUT2D eigenvalue weighted by molar-refractivity contribution is -0.136. The Morgan fingerprint density at radius 2 is 2.29 bits per heavy atom. The number of hydrogen-bond donors (Lipinski definition) is 2. The van der Waals surface area contributed by atoms with Crippen molar-refractivity contribution in [1.82, 2.24) is 4.98 Å². The second-order valence-corrected chi connectivity index (χ2v) is 4.71. The number of carboxylic acids is 1. The van der Waals surface area contributed by atoms with E-state index >= 15 is 0 Å². The average molecular weight is 211 g/mol. The van der Waals surface area contributed by atoms with Crippen molar-refractivity contribution >= 4 is 17.7 Å². The summed E-state index contributed by atoms with van der Waals surface area (Å²) in [6.45, 7) is 0. The molecule has 1 aliphatic heterocycles. The van der Waals surface area contributed by atoms with Gasteiger partial charge in [-0.05, 0) is 36.0 Å². The number of thioether (sulfide) groups is 1. The van der Waals surface area contributed by atoms with Crippen LogP contribution in [0.15, 0.2) is 6.07 Å². The molecule has 2 rings (SSSR count). The van der Waals surface area contributed by atoms with Crippen molar-refractivity contribution in [1.29, 1.82) is 0 Å². The number of aromatic nitrogens is 1. The zero-order valence-electron chi connectivity index (χ0n) is 7.88. The van der Waals surface area contributed by atoms with Gasteiger partial charge in [0.25, 0.3) is 0 Å². The Labute approximate surface area is 86.9 Å². The van der Waals surface area contributed by atoms with Gasteiger partial charge in [0.15, 0.2) is 0 Å². The summed E-state index contributed by atoms with van der Waals surface area (Å²) in [6, 6.07) is 2.01. The molecule has 0 unspecified atom stereocenters. The molecule has 0 bridgehead atoms. The normalized spacial score (nSPS) is 16.0. The number of carboxylic acid groups (broad SMARTS) is 1. The van der Waals surface area contributed by atoms with E-state index in [2.05, 4.69) is 4.98 Å². The molecule has 0 amide bonds. The fourth-order valence-electron chi connectivity index (χ4n) is 1.77. The Morgan fingerprint density at radius 1 is 1.50 bits per heavy atom. The minimum absolute atomic E-state index is 0.111. The molecular weight excluding hydrogens is 198 g/mol. The smallest absolute Gasteiger partial charge is 0.309 e. The van der Waals surface area contributed by atoms with Crippen molar-refractivity contribution in [3.63, 3.8) is 0 Å². The minimum Gasteiger partial charge on any atom is -0.481 e.